The minimum atomic E-state index is -0.556. The van der Waals surface area contributed by atoms with Crippen molar-refractivity contribution in [2.45, 2.75) is 20.4 Å². The molecular weight excluding hydrogens is 210 g/mol. The largest absolute Gasteiger partial charge is 0.330 e. The van der Waals surface area contributed by atoms with Crippen molar-refractivity contribution in [1.29, 1.82) is 0 Å². The monoisotopic (exact) mass is 222 g/mol. The van der Waals surface area contributed by atoms with Gasteiger partial charge in [-0.15, -0.1) is 0 Å². The van der Waals surface area contributed by atoms with Gasteiger partial charge in [0.05, 0.1) is 12.2 Å². The normalized spacial score (nSPS) is 10.8. The summed E-state index contributed by atoms with van der Waals surface area (Å²) in [4.78, 5) is 4.22. The minimum absolute atomic E-state index is 0.374. The fourth-order valence-corrected chi connectivity index (χ4v) is 1.66. The van der Waals surface area contributed by atoms with Gasteiger partial charge in [0.1, 0.15) is 17.5 Å². The molecule has 0 bridgehead atoms. The maximum atomic E-state index is 13.4. The van der Waals surface area contributed by atoms with Crippen molar-refractivity contribution >= 4 is 0 Å². The van der Waals surface area contributed by atoms with Crippen molar-refractivity contribution in [3.8, 4) is 0 Å². The molecule has 0 saturated carbocycles. The van der Waals surface area contributed by atoms with E-state index in [4.69, 9.17) is 0 Å². The summed E-state index contributed by atoms with van der Waals surface area (Å²) >= 11 is 0. The highest BCUT2D eigenvalue weighted by atomic mass is 19.1. The number of halogens is 2. The first-order valence-corrected chi connectivity index (χ1v) is 5.00. The zero-order valence-corrected chi connectivity index (χ0v) is 9.17. The third-order valence-corrected chi connectivity index (χ3v) is 2.45. The standard InChI is InChI=1S/C12H12F2N2/c1-8-6-16(9(2)15-8)7-10-3-4-11(13)5-12(10)14/h3-6H,7H2,1-2H3. The second kappa shape index (κ2) is 4.04. The van der Waals surface area contributed by atoms with E-state index in [0.29, 0.717) is 12.1 Å². The van der Waals surface area contributed by atoms with Gasteiger partial charge in [-0.25, -0.2) is 13.8 Å². The number of benzene rings is 1. The lowest BCUT2D eigenvalue weighted by Crippen LogP contribution is -2.03. The van der Waals surface area contributed by atoms with Crippen LogP contribution in [0.25, 0.3) is 0 Å². The van der Waals surface area contributed by atoms with Crippen molar-refractivity contribution in [1.82, 2.24) is 9.55 Å². The van der Waals surface area contributed by atoms with E-state index >= 15 is 0 Å². The first-order chi connectivity index (χ1) is 7.56. The summed E-state index contributed by atoms with van der Waals surface area (Å²) in [5.41, 5.74) is 1.35. The zero-order chi connectivity index (χ0) is 11.7. The zero-order valence-electron chi connectivity index (χ0n) is 9.17. The molecule has 1 aromatic carbocycles. The third-order valence-electron chi connectivity index (χ3n) is 2.45. The molecule has 16 heavy (non-hydrogen) atoms. The predicted molar refractivity (Wildman–Crippen MR) is 57.2 cm³/mol. The molecule has 4 heteroatoms. The Morgan fingerprint density at radius 1 is 1.25 bits per heavy atom. The first kappa shape index (κ1) is 10.8. The molecule has 0 amide bonds. The van der Waals surface area contributed by atoms with E-state index in [-0.39, 0.29) is 0 Å². The van der Waals surface area contributed by atoms with Gasteiger partial charge in [-0.1, -0.05) is 6.07 Å². The Morgan fingerprint density at radius 2 is 2.00 bits per heavy atom. The number of hydrogen-bond donors (Lipinski definition) is 0. The molecule has 0 atom stereocenters. The smallest absolute Gasteiger partial charge is 0.131 e. The van der Waals surface area contributed by atoms with Crippen LogP contribution in [0.2, 0.25) is 0 Å². The number of aromatic nitrogens is 2. The van der Waals surface area contributed by atoms with Crippen molar-refractivity contribution < 1.29 is 8.78 Å². The molecule has 84 valence electrons. The summed E-state index contributed by atoms with van der Waals surface area (Å²) in [5.74, 6) is -0.258. The van der Waals surface area contributed by atoms with Crippen molar-refractivity contribution in [2.24, 2.45) is 0 Å². The lowest BCUT2D eigenvalue weighted by molar-refractivity contribution is 0.565. The highest BCUT2D eigenvalue weighted by Gasteiger charge is 2.06. The van der Waals surface area contributed by atoms with Crippen LogP contribution in [0.3, 0.4) is 0 Å². The van der Waals surface area contributed by atoms with Gasteiger partial charge in [-0.05, 0) is 19.9 Å². The van der Waals surface area contributed by atoms with Crippen LogP contribution in [-0.4, -0.2) is 9.55 Å². The van der Waals surface area contributed by atoms with Crippen LogP contribution < -0.4 is 0 Å². The van der Waals surface area contributed by atoms with Gasteiger partial charge >= 0.3 is 0 Å². The molecule has 1 aromatic heterocycles. The fraction of sp³-hybridized carbons (Fsp3) is 0.250. The van der Waals surface area contributed by atoms with Crippen molar-refractivity contribution in [3.63, 3.8) is 0 Å². The highest BCUT2D eigenvalue weighted by molar-refractivity contribution is 5.19. The molecule has 0 aliphatic carbocycles. The molecule has 0 saturated heterocycles. The molecule has 0 N–H and O–H groups in total. The topological polar surface area (TPSA) is 17.8 Å². The van der Waals surface area contributed by atoms with E-state index in [1.165, 1.54) is 12.1 Å². The van der Waals surface area contributed by atoms with E-state index in [1.54, 1.807) is 0 Å². The Labute approximate surface area is 92.6 Å². The van der Waals surface area contributed by atoms with Crippen LogP contribution >= 0.6 is 0 Å². The second-order valence-electron chi connectivity index (χ2n) is 3.79. The van der Waals surface area contributed by atoms with Crippen molar-refractivity contribution in [2.75, 3.05) is 0 Å². The third kappa shape index (κ3) is 2.10. The Hall–Kier alpha value is -1.71. The van der Waals surface area contributed by atoms with E-state index < -0.39 is 11.6 Å². The SMILES string of the molecule is Cc1cn(Cc2ccc(F)cc2F)c(C)n1. The molecule has 2 nitrogen and oxygen atoms in total. The van der Waals surface area contributed by atoms with Crippen LogP contribution in [-0.2, 0) is 6.54 Å². The highest BCUT2D eigenvalue weighted by Crippen LogP contribution is 2.12. The van der Waals surface area contributed by atoms with E-state index in [1.807, 2.05) is 24.6 Å². The summed E-state index contributed by atoms with van der Waals surface area (Å²) in [7, 11) is 0. The summed E-state index contributed by atoms with van der Waals surface area (Å²) in [6.45, 7) is 4.11. The minimum Gasteiger partial charge on any atom is -0.330 e. The van der Waals surface area contributed by atoms with Gasteiger partial charge in [0.15, 0.2) is 0 Å². The van der Waals surface area contributed by atoms with E-state index in [9.17, 15) is 8.78 Å². The molecule has 0 aliphatic rings. The van der Waals surface area contributed by atoms with Crippen LogP contribution in [0.15, 0.2) is 24.4 Å². The first-order valence-electron chi connectivity index (χ1n) is 5.00. The lowest BCUT2D eigenvalue weighted by atomic mass is 10.2. The van der Waals surface area contributed by atoms with Gasteiger partial charge in [0, 0.05) is 17.8 Å². The molecular formula is C12H12F2N2. The number of imidazole rings is 1. The number of hydrogen-bond acceptors (Lipinski definition) is 1. The van der Waals surface area contributed by atoms with Crippen molar-refractivity contribution in [3.05, 3.63) is 53.1 Å². The van der Waals surface area contributed by atoms with Gasteiger partial charge in [-0.3, -0.25) is 0 Å². The number of rotatable bonds is 2. The van der Waals surface area contributed by atoms with E-state index in [2.05, 4.69) is 4.98 Å². The Morgan fingerprint density at radius 3 is 2.56 bits per heavy atom. The summed E-state index contributed by atoms with van der Waals surface area (Å²) in [6.07, 6.45) is 1.85. The van der Waals surface area contributed by atoms with Crippen LogP contribution in [0.4, 0.5) is 8.78 Å². The Bertz CT molecular complexity index is 518. The molecule has 0 spiro atoms. The van der Waals surface area contributed by atoms with Crippen LogP contribution in [0.1, 0.15) is 17.1 Å². The average Bonchev–Trinajstić information content (AvgIpc) is 2.50. The maximum Gasteiger partial charge on any atom is 0.131 e. The molecule has 0 unspecified atom stereocenters. The molecule has 1 heterocycles. The maximum absolute atomic E-state index is 13.4. The lowest BCUT2D eigenvalue weighted by Gasteiger charge is -2.06. The summed E-state index contributed by atoms with van der Waals surface area (Å²) in [5, 5.41) is 0. The van der Waals surface area contributed by atoms with Gasteiger partial charge in [-0.2, -0.15) is 0 Å². The quantitative estimate of drug-likeness (QED) is 0.764. The van der Waals surface area contributed by atoms with E-state index in [0.717, 1.165) is 17.6 Å². The summed E-state index contributed by atoms with van der Waals surface area (Å²) in [6, 6.07) is 3.62. The summed E-state index contributed by atoms with van der Waals surface area (Å²) < 4.78 is 28.0. The molecule has 2 aromatic rings. The molecule has 0 fully saturated rings. The second-order valence-corrected chi connectivity index (χ2v) is 3.79. The Kier molecular flexibility index (Phi) is 2.73. The fourth-order valence-electron chi connectivity index (χ4n) is 1.66. The Balaban J connectivity index is 2.30. The molecule has 2 rings (SSSR count). The number of nitrogens with zero attached hydrogens (tertiary/aromatic N) is 2. The van der Waals surface area contributed by atoms with Gasteiger partial charge < -0.3 is 4.57 Å². The molecule has 0 radical (unpaired) electrons. The molecule has 0 aliphatic heterocycles. The van der Waals surface area contributed by atoms with Gasteiger partial charge in [0.25, 0.3) is 0 Å². The van der Waals surface area contributed by atoms with Crippen LogP contribution in [0, 0.1) is 25.5 Å². The predicted octanol–water partition coefficient (Wildman–Crippen LogP) is 2.83. The number of aryl methyl sites for hydroxylation is 2. The van der Waals surface area contributed by atoms with Gasteiger partial charge in [0.2, 0.25) is 0 Å². The average molecular weight is 222 g/mol. The van der Waals surface area contributed by atoms with Crippen LogP contribution in [0.5, 0.6) is 0 Å².